The second-order valence-corrected chi connectivity index (χ2v) is 4.55. The fourth-order valence-electron chi connectivity index (χ4n) is 1.04. The fraction of sp³-hybridized carbons (Fsp3) is 0.200. The van der Waals surface area contributed by atoms with Gasteiger partial charge < -0.3 is 0 Å². The van der Waals surface area contributed by atoms with Crippen molar-refractivity contribution in [2.75, 3.05) is 6.54 Å². The molecule has 76 valence electrons. The zero-order valence-electron chi connectivity index (χ0n) is 7.81. The largest absolute Gasteiger partial charge is 0.233 e. The summed E-state index contributed by atoms with van der Waals surface area (Å²) in [6, 6.07) is 9.70. The summed E-state index contributed by atoms with van der Waals surface area (Å²) in [4.78, 5) is 0. The van der Waals surface area contributed by atoms with Gasteiger partial charge in [0.2, 0.25) is 10.0 Å². The predicted octanol–water partition coefficient (Wildman–Crippen LogP) is 1.29. The van der Waals surface area contributed by atoms with E-state index in [0.29, 0.717) is 13.0 Å². The highest BCUT2D eigenvalue weighted by Crippen LogP contribution is 1.98. The van der Waals surface area contributed by atoms with E-state index in [2.05, 4.69) is 11.3 Å². The summed E-state index contributed by atoms with van der Waals surface area (Å²) in [5.41, 5.74) is 1.11. The van der Waals surface area contributed by atoms with Crippen LogP contribution in [0.1, 0.15) is 5.56 Å². The first-order chi connectivity index (χ1) is 6.64. The van der Waals surface area contributed by atoms with Crippen molar-refractivity contribution >= 4 is 10.0 Å². The monoisotopic (exact) mass is 211 g/mol. The molecule has 0 aromatic heterocycles. The van der Waals surface area contributed by atoms with E-state index in [1.165, 1.54) is 0 Å². The van der Waals surface area contributed by atoms with Crippen LogP contribution < -0.4 is 4.72 Å². The second kappa shape index (κ2) is 4.93. The summed E-state index contributed by atoms with van der Waals surface area (Å²) in [5, 5.41) is 0.915. The molecule has 0 atom stereocenters. The van der Waals surface area contributed by atoms with Crippen molar-refractivity contribution in [3.8, 4) is 0 Å². The van der Waals surface area contributed by atoms with Gasteiger partial charge in [-0.05, 0) is 12.0 Å². The van der Waals surface area contributed by atoms with Crippen LogP contribution in [-0.2, 0) is 16.4 Å². The smallest absolute Gasteiger partial charge is 0.211 e. The normalized spacial score (nSPS) is 11.1. The molecule has 0 unspecified atom stereocenters. The van der Waals surface area contributed by atoms with E-state index >= 15 is 0 Å². The van der Waals surface area contributed by atoms with Crippen LogP contribution in [0.3, 0.4) is 0 Å². The lowest BCUT2D eigenvalue weighted by Gasteiger charge is -2.02. The molecular formula is C10H13NO2S. The van der Waals surface area contributed by atoms with Gasteiger partial charge in [0.05, 0.1) is 0 Å². The minimum Gasteiger partial charge on any atom is -0.211 e. The van der Waals surface area contributed by atoms with E-state index in [4.69, 9.17) is 0 Å². The van der Waals surface area contributed by atoms with Crippen LogP contribution in [0, 0.1) is 0 Å². The van der Waals surface area contributed by atoms with E-state index < -0.39 is 10.0 Å². The summed E-state index contributed by atoms with van der Waals surface area (Å²) >= 11 is 0. The Bertz CT molecular complexity index is 384. The van der Waals surface area contributed by atoms with E-state index in [-0.39, 0.29) is 0 Å². The Kier molecular flexibility index (Phi) is 3.85. The number of rotatable bonds is 5. The van der Waals surface area contributed by atoms with Gasteiger partial charge in [-0.1, -0.05) is 36.9 Å². The van der Waals surface area contributed by atoms with Crippen molar-refractivity contribution in [2.45, 2.75) is 6.42 Å². The van der Waals surface area contributed by atoms with Crippen LogP contribution >= 0.6 is 0 Å². The minimum atomic E-state index is -3.28. The van der Waals surface area contributed by atoms with Gasteiger partial charge in [-0.15, -0.1) is 0 Å². The van der Waals surface area contributed by atoms with Gasteiger partial charge >= 0.3 is 0 Å². The third-order valence-corrected chi connectivity index (χ3v) is 2.82. The topological polar surface area (TPSA) is 46.2 Å². The highest BCUT2D eigenvalue weighted by atomic mass is 32.2. The zero-order chi connectivity index (χ0) is 10.4. The van der Waals surface area contributed by atoms with Gasteiger partial charge in [0.15, 0.2) is 0 Å². The SMILES string of the molecule is C=CS(=O)(=O)NCCc1ccccc1. The third-order valence-electron chi connectivity index (χ3n) is 1.78. The zero-order valence-corrected chi connectivity index (χ0v) is 8.63. The molecule has 4 heteroatoms. The first-order valence-corrected chi connectivity index (χ1v) is 5.85. The van der Waals surface area contributed by atoms with Gasteiger partial charge in [-0.25, -0.2) is 13.1 Å². The number of hydrogen-bond acceptors (Lipinski definition) is 2. The van der Waals surface area contributed by atoms with Crippen molar-refractivity contribution in [3.05, 3.63) is 47.9 Å². The summed E-state index contributed by atoms with van der Waals surface area (Å²) < 4.78 is 24.3. The molecule has 1 rings (SSSR count). The maximum atomic E-state index is 11.0. The van der Waals surface area contributed by atoms with Crippen LogP contribution in [-0.4, -0.2) is 15.0 Å². The molecule has 0 aliphatic rings. The molecule has 0 heterocycles. The van der Waals surface area contributed by atoms with Crippen molar-refractivity contribution in [1.82, 2.24) is 4.72 Å². The standard InChI is InChI=1S/C10H13NO2S/c1-2-14(12,13)11-9-8-10-6-4-3-5-7-10/h2-7,11H,1,8-9H2. The molecule has 14 heavy (non-hydrogen) atoms. The molecule has 0 fully saturated rings. The molecule has 0 spiro atoms. The van der Waals surface area contributed by atoms with Gasteiger partial charge in [0.1, 0.15) is 0 Å². The fourth-order valence-corrected chi connectivity index (χ4v) is 1.55. The Morgan fingerprint density at radius 3 is 2.50 bits per heavy atom. The molecule has 1 aromatic carbocycles. The molecular weight excluding hydrogens is 198 g/mol. The molecule has 0 bridgehead atoms. The van der Waals surface area contributed by atoms with Crippen molar-refractivity contribution < 1.29 is 8.42 Å². The lowest BCUT2D eigenvalue weighted by Crippen LogP contribution is -2.23. The van der Waals surface area contributed by atoms with Crippen molar-refractivity contribution in [1.29, 1.82) is 0 Å². The van der Waals surface area contributed by atoms with Crippen LogP contribution in [0.25, 0.3) is 0 Å². The first-order valence-electron chi connectivity index (χ1n) is 4.30. The lowest BCUT2D eigenvalue weighted by atomic mass is 10.2. The first kappa shape index (κ1) is 10.9. The second-order valence-electron chi connectivity index (χ2n) is 2.84. The Morgan fingerprint density at radius 1 is 1.29 bits per heavy atom. The molecule has 0 aliphatic heterocycles. The Labute approximate surface area is 84.5 Å². The number of sulfonamides is 1. The number of benzene rings is 1. The van der Waals surface area contributed by atoms with Gasteiger partial charge in [-0.3, -0.25) is 0 Å². The van der Waals surface area contributed by atoms with Gasteiger partial charge in [0, 0.05) is 12.0 Å². The molecule has 1 N–H and O–H groups in total. The molecule has 3 nitrogen and oxygen atoms in total. The number of nitrogens with one attached hydrogen (secondary N) is 1. The predicted molar refractivity (Wildman–Crippen MR) is 57.3 cm³/mol. The molecule has 0 saturated heterocycles. The van der Waals surface area contributed by atoms with Gasteiger partial charge in [-0.2, -0.15) is 0 Å². The maximum absolute atomic E-state index is 11.0. The average molecular weight is 211 g/mol. The molecule has 0 aliphatic carbocycles. The molecule has 0 saturated carbocycles. The van der Waals surface area contributed by atoms with Crippen LogP contribution in [0.5, 0.6) is 0 Å². The maximum Gasteiger partial charge on any atom is 0.233 e. The minimum absolute atomic E-state index is 0.401. The van der Waals surface area contributed by atoms with Crippen LogP contribution in [0.4, 0.5) is 0 Å². The Balaban J connectivity index is 2.40. The highest BCUT2D eigenvalue weighted by molar-refractivity contribution is 7.92. The highest BCUT2D eigenvalue weighted by Gasteiger charge is 2.01. The molecule has 0 amide bonds. The summed E-state index contributed by atoms with van der Waals surface area (Å²) in [5.74, 6) is 0. The Morgan fingerprint density at radius 2 is 1.93 bits per heavy atom. The van der Waals surface area contributed by atoms with Crippen LogP contribution in [0.15, 0.2) is 42.3 Å². The van der Waals surface area contributed by atoms with Gasteiger partial charge in [0.25, 0.3) is 0 Å². The number of hydrogen-bond donors (Lipinski definition) is 1. The summed E-state index contributed by atoms with van der Waals surface area (Å²) in [6.07, 6.45) is 0.688. The van der Waals surface area contributed by atoms with Crippen molar-refractivity contribution in [2.24, 2.45) is 0 Å². The lowest BCUT2D eigenvalue weighted by molar-refractivity contribution is 0.591. The molecule has 0 radical (unpaired) electrons. The third kappa shape index (κ3) is 3.72. The van der Waals surface area contributed by atoms with E-state index in [0.717, 1.165) is 11.0 Å². The Hall–Kier alpha value is -1.13. The van der Waals surface area contributed by atoms with Crippen molar-refractivity contribution in [3.63, 3.8) is 0 Å². The quantitative estimate of drug-likeness (QED) is 0.797. The summed E-state index contributed by atoms with van der Waals surface area (Å²) in [7, 11) is -3.28. The van der Waals surface area contributed by atoms with E-state index in [1.54, 1.807) is 0 Å². The van der Waals surface area contributed by atoms with E-state index in [9.17, 15) is 8.42 Å². The summed E-state index contributed by atoms with van der Waals surface area (Å²) in [6.45, 7) is 3.61. The van der Waals surface area contributed by atoms with Crippen LogP contribution in [0.2, 0.25) is 0 Å². The molecule has 1 aromatic rings. The average Bonchev–Trinajstić information content (AvgIpc) is 2.19. The van der Waals surface area contributed by atoms with E-state index in [1.807, 2.05) is 30.3 Å².